The highest BCUT2D eigenvalue weighted by molar-refractivity contribution is 5.99. The number of hydrogen-bond acceptors (Lipinski definition) is 5. The molecule has 1 unspecified atom stereocenters. The number of rotatable bonds is 3. The van der Waals surface area contributed by atoms with E-state index in [0.29, 0.717) is 24.7 Å². The minimum Gasteiger partial charge on any atom is -0.336 e. The smallest absolute Gasteiger partial charge is 0.282 e. The summed E-state index contributed by atoms with van der Waals surface area (Å²) in [6.07, 6.45) is 1.15. The number of amides is 1. The van der Waals surface area contributed by atoms with Crippen molar-refractivity contribution in [3.8, 4) is 0 Å². The maximum Gasteiger partial charge on any atom is 0.282 e. The van der Waals surface area contributed by atoms with Crippen LogP contribution >= 0.6 is 12.4 Å². The van der Waals surface area contributed by atoms with Crippen LogP contribution in [0.2, 0.25) is 0 Å². The first kappa shape index (κ1) is 18.6. The molecule has 132 valence electrons. The minimum absolute atomic E-state index is 0. The lowest BCUT2D eigenvalue weighted by molar-refractivity contribution is -0.385. The van der Waals surface area contributed by atoms with Gasteiger partial charge in [-0.05, 0) is 25.5 Å². The lowest BCUT2D eigenvalue weighted by Crippen LogP contribution is -2.52. The highest BCUT2D eigenvalue weighted by atomic mass is 35.5. The fourth-order valence-electron chi connectivity index (χ4n) is 3.48. The standard InChI is InChI=1S/C16H22N4O3.ClH/c1-12-3-2-4-14(20(22)23)15(12)16(21)19-9-7-18(8-10-19)13-5-6-17-11-13;/h2-4,13,17H,5-11H2,1H3;1H. The Morgan fingerprint density at radius 2 is 2.00 bits per heavy atom. The molecule has 2 saturated heterocycles. The molecule has 0 bridgehead atoms. The first-order chi connectivity index (χ1) is 11.1. The number of hydrogen-bond donors (Lipinski definition) is 1. The summed E-state index contributed by atoms with van der Waals surface area (Å²) < 4.78 is 0. The summed E-state index contributed by atoms with van der Waals surface area (Å²) in [5.41, 5.74) is 0.789. The first-order valence-corrected chi connectivity index (χ1v) is 8.06. The van der Waals surface area contributed by atoms with Crippen LogP contribution in [-0.2, 0) is 0 Å². The zero-order valence-electron chi connectivity index (χ0n) is 13.7. The van der Waals surface area contributed by atoms with Crippen molar-refractivity contribution < 1.29 is 9.72 Å². The molecule has 8 heteroatoms. The Morgan fingerprint density at radius 3 is 2.58 bits per heavy atom. The van der Waals surface area contributed by atoms with E-state index in [1.165, 1.54) is 6.07 Å². The van der Waals surface area contributed by atoms with Gasteiger partial charge in [0.1, 0.15) is 5.56 Å². The molecule has 0 radical (unpaired) electrons. The molecule has 2 aliphatic heterocycles. The largest absolute Gasteiger partial charge is 0.336 e. The number of piperazine rings is 1. The molecule has 1 aromatic carbocycles. The molecule has 0 aromatic heterocycles. The normalized spacial score (nSPS) is 21.4. The molecule has 0 aliphatic carbocycles. The van der Waals surface area contributed by atoms with Gasteiger partial charge in [0.05, 0.1) is 4.92 Å². The molecule has 0 spiro atoms. The van der Waals surface area contributed by atoms with Gasteiger partial charge in [-0.2, -0.15) is 0 Å². The minimum atomic E-state index is -0.472. The van der Waals surface area contributed by atoms with E-state index < -0.39 is 4.92 Å². The van der Waals surface area contributed by atoms with Crippen LogP contribution < -0.4 is 5.32 Å². The zero-order valence-corrected chi connectivity index (χ0v) is 14.6. The van der Waals surface area contributed by atoms with E-state index >= 15 is 0 Å². The van der Waals surface area contributed by atoms with Gasteiger partial charge in [-0.15, -0.1) is 12.4 Å². The Morgan fingerprint density at radius 1 is 1.29 bits per heavy atom. The Labute approximate surface area is 147 Å². The quantitative estimate of drug-likeness (QED) is 0.656. The van der Waals surface area contributed by atoms with Crippen molar-refractivity contribution in [2.75, 3.05) is 39.3 Å². The number of aryl methyl sites for hydroxylation is 1. The van der Waals surface area contributed by atoms with Crippen LogP contribution in [-0.4, -0.2) is 65.9 Å². The second-order valence-electron chi connectivity index (χ2n) is 6.20. The third-order valence-corrected chi connectivity index (χ3v) is 4.81. The third-order valence-electron chi connectivity index (χ3n) is 4.81. The fourth-order valence-corrected chi connectivity index (χ4v) is 3.48. The van der Waals surface area contributed by atoms with Crippen LogP contribution in [0.15, 0.2) is 18.2 Å². The second kappa shape index (κ2) is 7.92. The SMILES string of the molecule is Cc1cccc([N+](=O)[O-])c1C(=O)N1CCN(C2CCNC2)CC1.Cl. The first-order valence-electron chi connectivity index (χ1n) is 8.06. The van der Waals surface area contributed by atoms with Gasteiger partial charge >= 0.3 is 0 Å². The van der Waals surface area contributed by atoms with Crippen molar-refractivity contribution in [2.24, 2.45) is 0 Å². The number of nitrogens with zero attached hydrogens (tertiary/aromatic N) is 3. The number of halogens is 1. The van der Waals surface area contributed by atoms with Crippen molar-refractivity contribution in [2.45, 2.75) is 19.4 Å². The van der Waals surface area contributed by atoms with E-state index in [1.54, 1.807) is 24.0 Å². The summed E-state index contributed by atoms with van der Waals surface area (Å²) in [7, 11) is 0. The van der Waals surface area contributed by atoms with Gasteiger partial charge in [0.25, 0.3) is 11.6 Å². The monoisotopic (exact) mass is 354 g/mol. The van der Waals surface area contributed by atoms with Gasteiger partial charge in [0.15, 0.2) is 0 Å². The summed E-state index contributed by atoms with van der Waals surface area (Å²) in [4.78, 5) is 27.7. The highest BCUT2D eigenvalue weighted by Gasteiger charge is 2.31. The number of benzene rings is 1. The molecule has 1 aromatic rings. The number of carbonyl (C=O) groups excluding carboxylic acids is 1. The zero-order chi connectivity index (χ0) is 16.4. The van der Waals surface area contributed by atoms with E-state index in [2.05, 4.69) is 10.2 Å². The molecule has 2 aliphatic rings. The van der Waals surface area contributed by atoms with E-state index in [1.807, 2.05) is 0 Å². The molecule has 3 rings (SSSR count). The van der Waals surface area contributed by atoms with Crippen LogP contribution in [0.5, 0.6) is 0 Å². The lowest BCUT2D eigenvalue weighted by Gasteiger charge is -2.37. The predicted molar refractivity (Wildman–Crippen MR) is 93.8 cm³/mol. The van der Waals surface area contributed by atoms with Crippen molar-refractivity contribution >= 4 is 24.0 Å². The van der Waals surface area contributed by atoms with Gasteiger partial charge in [-0.1, -0.05) is 12.1 Å². The number of carbonyl (C=O) groups is 1. The molecule has 1 N–H and O–H groups in total. The van der Waals surface area contributed by atoms with Crippen LogP contribution in [0.3, 0.4) is 0 Å². The molecule has 1 atom stereocenters. The Hall–Kier alpha value is -1.70. The van der Waals surface area contributed by atoms with E-state index in [4.69, 9.17) is 0 Å². The van der Waals surface area contributed by atoms with E-state index in [-0.39, 0.29) is 29.6 Å². The Bertz CT molecular complexity index is 611. The average Bonchev–Trinajstić information content (AvgIpc) is 3.08. The van der Waals surface area contributed by atoms with Gasteiger partial charge in [0, 0.05) is 44.8 Å². The van der Waals surface area contributed by atoms with E-state index in [0.717, 1.165) is 32.6 Å². The molecule has 2 fully saturated rings. The Kier molecular flexibility index (Phi) is 6.15. The molecule has 7 nitrogen and oxygen atoms in total. The van der Waals surface area contributed by atoms with Crippen LogP contribution in [0.1, 0.15) is 22.3 Å². The Balaban J connectivity index is 0.00000208. The van der Waals surface area contributed by atoms with Crippen LogP contribution in [0.4, 0.5) is 5.69 Å². The van der Waals surface area contributed by atoms with Crippen LogP contribution in [0, 0.1) is 17.0 Å². The molecule has 1 amide bonds. The fraction of sp³-hybridized carbons (Fsp3) is 0.562. The number of nitro groups is 1. The summed E-state index contributed by atoms with van der Waals surface area (Å²) >= 11 is 0. The lowest BCUT2D eigenvalue weighted by atomic mass is 10.0. The third kappa shape index (κ3) is 3.68. The summed E-state index contributed by atoms with van der Waals surface area (Å²) in [6, 6.07) is 5.33. The highest BCUT2D eigenvalue weighted by Crippen LogP contribution is 2.24. The maximum atomic E-state index is 12.8. The van der Waals surface area contributed by atoms with Gasteiger partial charge in [0.2, 0.25) is 0 Å². The molecule has 24 heavy (non-hydrogen) atoms. The summed E-state index contributed by atoms with van der Waals surface area (Å²) in [6.45, 7) is 6.73. The van der Waals surface area contributed by atoms with Crippen molar-refractivity contribution in [3.63, 3.8) is 0 Å². The van der Waals surface area contributed by atoms with Gasteiger partial charge in [-0.3, -0.25) is 19.8 Å². The number of nitro benzene ring substituents is 1. The van der Waals surface area contributed by atoms with Crippen molar-refractivity contribution in [1.82, 2.24) is 15.1 Å². The molecule has 0 saturated carbocycles. The average molecular weight is 355 g/mol. The summed E-state index contributed by atoms with van der Waals surface area (Å²) in [5.74, 6) is -0.223. The van der Waals surface area contributed by atoms with Gasteiger partial charge < -0.3 is 10.2 Å². The second-order valence-corrected chi connectivity index (χ2v) is 6.20. The van der Waals surface area contributed by atoms with Crippen molar-refractivity contribution in [3.05, 3.63) is 39.4 Å². The van der Waals surface area contributed by atoms with Crippen LogP contribution in [0.25, 0.3) is 0 Å². The summed E-state index contributed by atoms with van der Waals surface area (Å²) in [5, 5.41) is 14.6. The number of nitrogens with one attached hydrogen (secondary N) is 1. The van der Waals surface area contributed by atoms with Crippen molar-refractivity contribution in [1.29, 1.82) is 0 Å². The topological polar surface area (TPSA) is 78.7 Å². The predicted octanol–water partition coefficient (Wildman–Crippen LogP) is 1.44. The molecular weight excluding hydrogens is 332 g/mol. The maximum absolute atomic E-state index is 12.8. The molecule has 2 heterocycles. The van der Waals surface area contributed by atoms with Gasteiger partial charge in [-0.25, -0.2) is 0 Å². The van der Waals surface area contributed by atoms with E-state index in [9.17, 15) is 14.9 Å². The molecular formula is C16H23ClN4O3.